The minimum atomic E-state index is -3.35. The monoisotopic (exact) mass is 308 g/mol. The number of carbonyl (C=O) groups excluding carboxylic acids is 1. The predicted molar refractivity (Wildman–Crippen MR) is 70.4 cm³/mol. The van der Waals surface area contributed by atoms with Crippen molar-refractivity contribution in [1.82, 2.24) is 9.62 Å². The molecule has 0 spiro atoms. The first-order valence-electron chi connectivity index (χ1n) is 6.35. The van der Waals surface area contributed by atoms with Crippen LogP contribution in [-0.4, -0.2) is 66.8 Å². The summed E-state index contributed by atoms with van der Waals surface area (Å²) in [5.74, 6) is -2.26. The standard InChI is InChI=1S/C11H20N2O6S/c1-20(18,19)13-5-2-3-8(7-13)10(15)12-9(4-6-14)11(16)17/h8-9,14H,2-7H2,1H3,(H,12,15)(H,16,17)/t8?,9-/m0/s1. The molecule has 1 fully saturated rings. The van der Waals surface area contributed by atoms with Gasteiger partial charge in [0.25, 0.3) is 0 Å². The van der Waals surface area contributed by atoms with Crippen molar-refractivity contribution >= 4 is 21.9 Å². The number of aliphatic hydroxyl groups excluding tert-OH is 1. The van der Waals surface area contributed by atoms with Gasteiger partial charge in [-0.15, -0.1) is 0 Å². The van der Waals surface area contributed by atoms with E-state index in [0.29, 0.717) is 19.4 Å². The highest BCUT2D eigenvalue weighted by Gasteiger charge is 2.32. The van der Waals surface area contributed by atoms with Crippen LogP contribution in [-0.2, 0) is 19.6 Å². The molecule has 0 saturated carbocycles. The second-order valence-corrected chi connectivity index (χ2v) is 6.85. The largest absolute Gasteiger partial charge is 0.480 e. The second kappa shape index (κ2) is 7.00. The van der Waals surface area contributed by atoms with E-state index in [9.17, 15) is 18.0 Å². The fourth-order valence-corrected chi connectivity index (χ4v) is 3.05. The van der Waals surface area contributed by atoms with Gasteiger partial charge in [0.1, 0.15) is 6.04 Å². The van der Waals surface area contributed by atoms with E-state index in [0.717, 1.165) is 6.26 Å². The molecule has 0 radical (unpaired) electrons. The number of aliphatic carboxylic acids is 1. The Morgan fingerprint density at radius 1 is 1.45 bits per heavy atom. The zero-order chi connectivity index (χ0) is 15.3. The molecule has 3 N–H and O–H groups in total. The summed E-state index contributed by atoms with van der Waals surface area (Å²) in [6.45, 7) is 0.0924. The summed E-state index contributed by atoms with van der Waals surface area (Å²) in [7, 11) is -3.35. The van der Waals surface area contributed by atoms with Gasteiger partial charge in [-0.05, 0) is 12.8 Å². The topological polar surface area (TPSA) is 124 Å². The van der Waals surface area contributed by atoms with Crippen LogP contribution in [0, 0.1) is 5.92 Å². The van der Waals surface area contributed by atoms with Gasteiger partial charge in [0.2, 0.25) is 15.9 Å². The van der Waals surface area contributed by atoms with Gasteiger partial charge in [-0.3, -0.25) is 4.79 Å². The van der Waals surface area contributed by atoms with E-state index < -0.39 is 33.9 Å². The van der Waals surface area contributed by atoms with Gasteiger partial charge in [-0.1, -0.05) is 0 Å². The first-order chi connectivity index (χ1) is 9.25. The van der Waals surface area contributed by atoms with Crippen molar-refractivity contribution in [3.05, 3.63) is 0 Å². The molecule has 0 aromatic rings. The fourth-order valence-electron chi connectivity index (χ4n) is 2.13. The van der Waals surface area contributed by atoms with E-state index in [1.165, 1.54) is 4.31 Å². The van der Waals surface area contributed by atoms with Crippen LogP contribution in [0.4, 0.5) is 0 Å². The number of nitrogens with one attached hydrogen (secondary N) is 1. The van der Waals surface area contributed by atoms with Gasteiger partial charge in [-0.2, -0.15) is 0 Å². The second-order valence-electron chi connectivity index (χ2n) is 4.87. The lowest BCUT2D eigenvalue weighted by Gasteiger charge is -2.30. The van der Waals surface area contributed by atoms with E-state index in [2.05, 4.69) is 5.32 Å². The molecule has 1 saturated heterocycles. The molecular formula is C11H20N2O6S. The summed E-state index contributed by atoms with van der Waals surface area (Å²) in [6.07, 6.45) is 2.08. The molecule has 20 heavy (non-hydrogen) atoms. The highest BCUT2D eigenvalue weighted by Crippen LogP contribution is 2.19. The fraction of sp³-hybridized carbons (Fsp3) is 0.818. The van der Waals surface area contributed by atoms with Crippen molar-refractivity contribution in [3.8, 4) is 0 Å². The predicted octanol–water partition coefficient (Wildman–Crippen LogP) is -1.39. The van der Waals surface area contributed by atoms with Crippen LogP contribution in [0.1, 0.15) is 19.3 Å². The minimum absolute atomic E-state index is 0.0656. The third-order valence-electron chi connectivity index (χ3n) is 3.26. The summed E-state index contributed by atoms with van der Waals surface area (Å²) < 4.78 is 24.1. The molecular weight excluding hydrogens is 288 g/mol. The molecule has 2 atom stereocenters. The van der Waals surface area contributed by atoms with Crippen molar-refractivity contribution in [2.24, 2.45) is 5.92 Å². The molecule has 116 valence electrons. The Kier molecular flexibility index (Phi) is 5.90. The van der Waals surface area contributed by atoms with Crippen LogP contribution < -0.4 is 5.32 Å². The van der Waals surface area contributed by atoms with Crippen molar-refractivity contribution in [1.29, 1.82) is 0 Å². The highest BCUT2D eigenvalue weighted by atomic mass is 32.2. The average molecular weight is 308 g/mol. The SMILES string of the molecule is CS(=O)(=O)N1CCCC(C(=O)N[C@@H](CCO)C(=O)O)C1. The summed E-state index contributed by atoms with van der Waals surface area (Å²) >= 11 is 0. The number of rotatable bonds is 6. The molecule has 1 heterocycles. The molecule has 1 aliphatic heterocycles. The Labute approximate surface area is 117 Å². The normalized spacial score (nSPS) is 22.2. The van der Waals surface area contributed by atoms with Gasteiger partial charge in [-0.25, -0.2) is 17.5 Å². The van der Waals surface area contributed by atoms with E-state index in [4.69, 9.17) is 10.2 Å². The number of aliphatic hydroxyl groups is 1. The Morgan fingerprint density at radius 3 is 2.60 bits per heavy atom. The maximum absolute atomic E-state index is 12.0. The number of hydrogen-bond donors (Lipinski definition) is 3. The van der Waals surface area contributed by atoms with Crippen LogP contribution in [0.5, 0.6) is 0 Å². The third kappa shape index (κ3) is 4.73. The van der Waals surface area contributed by atoms with E-state index >= 15 is 0 Å². The van der Waals surface area contributed by atoms with Crippen LogP contribution in [0.3, 0.4) is 0 Å². The zero-order valence-electron chi connectivity index (χ0n) is 11.3. The third-order valence-corrected chi connectivity index (χ3v) is 4.53. The lowest BCUT2D eigenvalue weighted by atomic mass is 9.98. The van der Waals surface area contributed by atoms with Gasteiger partial charge < -0.3 is 15.5 Å². The maximum Gasteiger partial charge on any atom is 0.326 e. The molecule has 0 aromatic carbocycles. The quantitative estimate of drug-likeness (QED) is 0.555. The van der Waals surface area contributed by atoms with Gasteiger partial charge in [0, 0.05) is 26.1 Å². The van der Waals surface area contributed by atoms with Crippen LogP contribution in [0.2, 0.25) is 0 Å². The van der Waals surface area contributed by atoms with Gasteiger partial charge in [0.15, 0.2) is 0 Å². The lowest BCUT2D eigenvalue weighted by molar-refractivity contribution is -0.143. The Bertz CT molecular complexity index is 464. The van der Waals surface area contributed by atoms with E-state index in [1.54, 1.807) is 0 Å². The number of carbonyl (C=O) groups is 2. The van der Waals surface area contributed by atoms with Crippen LogP contribution in [0.25, 0.3) is 0 Å². The van der Waals surface area contributed by atoms with E-state index in [-0.39, 0.29) is 19.6 Å². The number of amides is 1. The lowest BCUT2D eigenvalue weighted by Crippen LogP contribution is -2.49. The number of carboxylic acids is 1. The summed E-state index contributed by atoms with van der Waals surface area (Å²) in [4.78, 5) is 22.9. The van der Waals surface area contributed by atoms with Gasteiger partial charge in [0.05, 0.1) is 12.2 Å². The molecule has 1 rings (SSSR count). The van der Waals surface area contributed by atoms with Crippen molar-refractivity contribution in [2.75, 3.05) is 26.0 Å². The molecule has 1 amide bonds. The van der Waals surface area contributed by atoms with E-state index in [1.807, 2.05) is 0 Å². The number of piperidine rings is 1. The molecule has 0 aliphatic carbocycles. The summed E-state index contributed by atoms with van der Waals surface area (Å²) in [5.41, 5.74) is 0. The number of nitrogens with zero attached hydrogens (tertiary/aromatic N) is 1. The minimum Gasteiger partial charge on any atom is -0.480 e. The Morgan fingerprint density at radius 2 is 2.10 bits per heavy atom. The highest BCUT2D eigenvalue weighted by molar-refractivity contribution is 7.88. The average Bonchev–Trinajstić information content (AvgIpc) is 2.37. The molecule has 0 aromatic heterocycles. The summed E-state index contributed by atoms with van der Waals surface area (Å²) in [6, 6.07) is -1.15. The first-order valence-corrected chi connectivity index (χ1v) is 8.19. The molecule has 1 unspecified atom stereocenters. The van der Waals surface area contributed by atoms with Crippen molar-refractivity contribution < 1.29 is 28.2 Å². The van der Waals surface area contributed by atoms with Crippen LogP contribution in [0.15, 0.2) is 0 Å². The molecule has 9 heteroatoms. The van der Waals surface area contributed by atoms with Crippen molar-refractivity contribution in [3.63, 3.8) is 0 Å². The number of sulfonamides is 1. The molecule has 1 aliphatic rings. The smallest absolute Gasteiger partial charge is 0.326 e. The Balaban J connectivity index is 2.65. The summed E-state index contributed by atoms with van der Waals surface area (Å²) in [5, 5.41) is 20.0. The maximum atomic E-state index is 12.0. The molecule has 0 bridgehead atoms. The number of hydrogen-bond acceptors (Lipinski definition) is 5. The number of carboxylic acid groups (broad SMARTS) is 1. The molecule has 8 nitrogen and oxygen atoms in total. The van der Waals surface area contributed by atoms with Crippen LogP contribution >= 0.6 is 0 Å². The zero-order valence-corrected chi connectivity index (χ0v) is 12.1. The van der Waals surface area contributed by atoms with Gasteiger partial charge >= 0.3 is 5.97 Å². The van der Waals surface area contributed by atoms with Crippen molar-refractivity contribution in [2.45, 2.75) is 25.3 Å². The Hall–Kier alpha value is -1.19. The first kappa shape index (κ1) is 16.9.